The standard InChI is InChI=1S/C19H19FN4O/c1-12-5-6-17-14(7-12)10-21-18-16(11-23-24(17)18)19(25)22-9-13-3-2-4-15(20)8-13/h2-4,8,10-12H,5-7,9H2,1H3,(H,22,25). The molecule has 0 aliphatic heterocycles. The Hall–Kier alpha value is -2.76. The second kappa shape index (κ2) is 6.27. The molecule has 1 N–H and O–H groups in total. The first-order valence-corrected chi connectivity index (χ1v) is 8.49. The van der Waals surface area contributed by atoms with Gasteiger partial charge in [-0.1, -0.05) is 19.1 Å². The van der Waals surface area contributed by atoms with E-state index in [-0.39, 0.29) is 18.3 Å². The lowest BCUT2D eigenvalue weighted by Gasteiger charge is -2.21. The molecule has 6 heteroatoms. The van der Waals surface area contributed by atoms with Gasteiger partial charge in [-0.2, -0.15) is 5.10 Å². The van der Waals surface area contributed by atoms with Crippen LogP contribution in [0.1, 0.15) is 40.5 Å². The van der Waals surface area contributed by atoms with Crippen molar-refractivity contribution in [3.8, 4) is 0 Å². The fourth-order valence-electron chi connectivity index (χ4n) is 3.40. The Bertz CT molecular complexity index is 950. The Morgan fingerprint density at radius 2 is 2.28 bits per heavy atom. The third-order valence-electron chi connectivity index (χ3n) is 4.74. The number of hydrogen-bond donors (Lipinski definition) is 1. The summed E-state index contributed by atoms with van der Waals surface area (Å²) in [5.41, 5.74) is 4.08. The van der Waals surface area contributed by atoms with Crippen LogP contribution in [0.5, 0.6) is 0 Å². The molecular weight excluding hydrogens is 319 g/mol. The minimum Gasteiger partial charge on any atom is -0.348 e. The van der Waals surface area contributed by atoms with E-state index in [1.165, 1.54) is 17.7 Å². The van der Waals surface area contributed by atoms with E-state index in [0.29, 0.717) is 22.7 Å². The van der Waals surface area contributed by atoms with E-state index in [0.717, 1.165) is 25.0 Å². The largest absolute Gasteiger partial charge is 0.348 e. The van der Waals surface area contributed by atoms with Crippen LogP contribution in [-0.4, -0.2) is 20.5 Å². The zero-order chi connectivity index (χ0) is 17.4. The maximum Gasteiger partial charge on any atom is 0.257 e. The number of amides is 1. The lowest BCUT2D eigenvalue weighted by Crippen LogP contribution is -2.23. The fourth-order valence-corrected chi connectivity index (χ4v) is 3.40. The van der Waals surface area contributed by atoms with Crippen LogP contribution in [0, 0.1) is 11.7 Å². The van der Waals surface area contributed by atoms with E-state index < -0.39 is 0 Å². The lowest BCUT2D eigenvalue weighted by atomic mass is 9.89. The molecule has 0 radical (unpaired) electrons. The molecule has 5 nitrogen and oxygen atoms in total. The van der Waals surface area contributed by atoms with E-state index in [2.05, 4.69) is 22.3 Å². The molecule has 1 aromatic carbocycles. The maximum absolute atomic E-state index is 13.2. The molecule has 0 fully saturated rings. The van der Waals surface area contributed by atoms with Gasteiger partial charge >= 0.3 is 0 Å². The Morgan fingerprint density at radius 1 is 1.40 bits per heavy atom. The smallest absolute Gasteiger partial charge is 0.257 e. The van der Waals surface area contributed by atoms with Gasteiger partial charge in [0.15, 0.2) is 5.65 Å². The molecule has 1 unspecified atom stereocenters. The number of carbonyl (C=O) groups is 1. The van der Waals surface area contributed by atoms with Crippen molar-refractivity contribution in [2.75, 3.05) is 0 Å². The van der Waals surface area contributed by atoms with Crippen molar-refractivity contribution in [3.05, 3.63) is 64.9 Å². The number of hydrogen-bond acceptors (Lipinski definition) is 3. The lowest BCUT2D eigenvalue weighted by molar-refractivity contribution is 0.0952. The third kappa shape index (κ3) is 2.99. The summed E-state index contributed by atoms with van der Waals surface area (Å²) in [5, 5.41) is 7.19. The van der Waals surface area contributed by atoms with Crippen molar-refractivity contribution < 1.29 is 9.18 Å². The molecule has 1 amide bonds. The van der Waals surface area contributed by atoms with Crippen molar-refractivity contribution in [1.29, 1.82) is 0 Å². The van der Waals surface area contributed by atoms with Crippen LogP contribution in [0.4, 0.5) is 4.39 Å². The molecule has 2 aromatic heterocycles. The first kappa shape index (κ1) is 15.7. The molecule has 0 bridgehead atoms. The van der Waals surface area contributed by atoms with Gasteiger partial charge < -0.3 is 5.32 Å². The van der Waals surface area contributed by atoms with E-state index in [4.69, 9.17) is 0 Å². The van der Waals surface area contributed by atoms with Gasteiger partial charge in [-0.3, -0.25) is 4.79 Å². The highest BCUT2D eigenvalue weighted by atomic mass is 19.1. The minimum atomic E-state index is -0.315. The molecule has 4 rings (SSSR count). The molecule has 0 spiro atoms. The SMILES string of the molecule is CC1CCc2c(cnc3c(C(=O)NCc4cccc(F)c4)cnn23)C1. The summed E-state index contributed by atoms with van der Waals surface area (Å²) in [7, 11) is 0. The minimum absolute atomic E-state index is 0.254. The highest BCUT2D eigenvalue weighted by Gasteiger charge is 2.21. The Balaban J connectivity index is 1.58. The van der Waals surface area contributed by atoms with Gasteiger partial charge in [-0.25, -0.2) is 13.9 Å². The summed E-state index contributed by atoms with van der Waals surface area (Å²) in [5.74, 6) is 0.0810. The fraction of sp³-hybridized carbons (Fsp3) is 0.316. The number of aromatic nitrogens is 3. The monoisotopic (exact) mass is 338 g/mol. The van der Waals surface area contributed by atoms with Crippen molar-refractivity contribution in [3.63, 3.8) is 0 Å². The highest BCUT2D eigenvalue weighted by molar-refractivity contribution is 5.99. The number of carbonyl (C=O) groups excluding carboxylic acids is 1. The number of nitrogens with zero attached hydrogens (tertiary/aromatic N) is 3. The van der Waals surface area contributed by atoms with Gasteiger partial charge in [0.25, 0.3) is 5.91 Å². The average Bonchev–Trinajstić information content (AvgIpc) is 3.04. The summed E-state index contributed by atoms with van der Waals surface area (Å²) in [6, 6.07) is 6.19. The molecule has 2 heterocycles. The number of benzene rings is 1. The molecule has 1 aliphatic rings. The number of aryl methyl sites for hydroxylation is 1. The van der Waals surface area contributed by atoms with Crippen molar-refractivity contribution in [1.82, 2.24) is 19.9 Å². The molecule has 128 valence electrons. The highest BCUT2D eigenvalue weighted by Crippen LogP contribution is 2.25. The molecule has 1 aliphatic carbocycles. The number of halogens is 1. The number of nitrogens with one attached hydrogen (secondary N) is 1. The van der Waals surface area contributed by atoms with Crippen molar-refractivity contribution in [2.24, 2.45) is 5.92 Å². The summed E-state index contributed by atoms with van der Waals surface area (Å²) < 4.78 is 15.0. The molecule has 0 saturated carbocycles. The van der Waals surface area contributed by atoms with Crippen molar-refractivity contribution >= 4 is 11.6 Å². The van der Waals surface area contributed by atoms with Gasteiger partial charge in [0.2, 0.25) is 0 Å². The first-order valence-electron chi connectivity index (χ1n) is 8.49. The van der Waals surface area contributed by atoms with Crippen LogP contribution in [-0.2, 0) is 19.4 Å². The quantitative estimate of drug-likeness (QED) is 0.799. The number of fused-ring (bicyclic) bond motifs is 3. The van der Waals surface area contributed by atoms with Crippen LogP contribution in [0.25, 0.3) is 5.65 Å². The second-order valence-corrected chi connectivity index (χ2v) is 6.68. The summed E-state index contributed by atoms with van der Waals surface area (Å²) in [6.45, 7) is 2.50. The Morgan fingerprint density at radius 3 is 3.12 bits per heavy atom. The van der Waals surface area contributed by atoms with Crippen LogP contribution in [0.15, 0.2) is 36.7 Å². The van der Waals surface area contributed by atoms with Crippen molar-refractivity contribution in [2.45, 2.75) is 32.7 Å². The maximum atomic E-state index is 13.2. The van der Waals surface area contributed by atoms with Gasteiger partial charge in [0.05, 0.1) is 6.20 Å². The van der Waals surface area contributed by atoms with Crippen LogP contribution in [0.2, 0.25) is 0 Å². The summed E-state index contributed by atoms with van der Waals surface area (Å²) in [4.78, 5) is 17.0. The molecular formula is C19H19FN4O. The Kier molecular flexibility index (Phi) is 3.95. The summed E-state index contributed by atoms with van der Waals surface area (Å²) in [6.07, 6.45) is 6.49. The zero-order valence-corrected chi connectivity index (χ0v) is 14.0. The second-order valence-electron chi connectivity index (χ2n) is 6.68. The van der Waals surface area contributed by atoms with E-state index in [9.17, 15) is 9.18 Å². The van der Waals surface area contributed by atoms with Gasteiger partial charge in [0, 0.05) is 18.4 Å². The van der Waals surface area contributed by atoms with E-state index in [1.807, 2.05) is 6.20 Å². The predicted octanol–water partition coefficient (Wildman–Crippen LogP) is 2.92. The normalized spacial score (nSPS) is 16.6. The molecule has 3 aromatic rings. The Labute approximate surface area is 144 Å². The molecule has 25 heavy (non-hydrogen) atoms. The number of rotatable bonds is 3. The molecule has 1 atom stereocenters. The summed E-state index contributed by atoms with van der Waals surface area (Å²) >= 11 is 0. The first-order chi connectivity index (χ1) is 12.1. The molecule has 0 saturated heterocycles. The van der Waals surface area contributed by atoms with E-state index >= 15 is 0 Å². The van der Waals surface area contributed by atoms with Crippen LogP contribution < -0.4 is 5.32 Å². The predicted molar refractivity (Wildman–Crippen MR) is 91.7 cm³/mol. The third-order valence-corrected chi connectivity index (χ3v) is 4.74. The van der Waals surface area contributed by atoms with Gasteiger partial charge in [0.1, 0.15) is 11.4 Å². The van der Waals surface area contributed by atoms with E-state index in [1.54, 1.807) is 22.8 Å². The van der Waals surface area contributed by atoms with Crippen LogP contribution in [0.3, 0.4) is 0 Å². The van der Waals surface area contributed by atoms with Crippen LogP contribution >= 0.6 is 0 Å². The zero-order valence-electron chi connectivity index (χ0n) is 14.0. The topological polar surface area (TPSA) is 59.3 Å². The van der Waals surface area contributed by atoms with Gasteiger partial charge in [-0.05, 0) is 48.4 Å². The average molecular weight is 338 g/mol. The van der Waals surface area contributed by atoms with Gasteiger partial charge in [-0.15, -0.1) is 0 Å².